The normalized spacial score (nSPS) is 10.2. The predicted molar refractivity (Wildman–Crippen MR) is 74.9 cm³/mol. The minimum absolute atomic E-state index is 0.282. The van der Waals surface area contributed by atoms with E-state index in [1.54, 1.807) is 18.2 Å². The van der Waals surface area contributed by atoms with E-state index < -0.39 is 0 Å². The first-order chi connectivity index (χ1) is 9.16. The average molecular weight is 276 g/mol. The largest absolute Gasteiger partial charge is 0.274 e. The molecule has 2 aromatic rings. The molecule has 0 saturated heterocycles. The van der Waals surface area contributed by atoms with Crippen LogP contribution in [0.1, 0.15) is 21.5 Å². The van der Waals surface area contributed by atoms with E-state index in [4.69, 9.17) is 16.4 Å². The van der Waals surface area contributed by atoms with Gasteiger partial charge in [-0.2, -0.15) is 0 Å². The third kappa shape index (κ3) is 3.81. The molecule has 0 fully saturated rings. The molecular weight excluding hydrogens is 262 g/mol. The van der Waals surface area contributed by atoms with Crippen LogP contribution < -0.4 is 5.48 Å². The topological polar surface area (TPSA) is 38.3 Å². The second-order valence-corrected chi connectivity index (χ2v) is 4.58. The number of nitrogens with one attached hydrogen (secondary N) is 1. The molecule has 0 unspecified atom stereocenters. The van der Waals surface area contributed by atoms with Crippen LogP contribution in [0.25, 0.3) is 0 Å². The van der Waals surface area contributed by atoms with Gasteiger partial charge in [-0.05, 0) is 36.2 Å². The van der Waals surface area contributed by atoms with Crippen LogP contribution in [-0.4, -0.2) is 5.91 Å². The van der Waals surface area contributed by atoms with Crippen molar-refractivity contribution in [2.75, 3.05) is 0 Å². The van der Waals surface area contributed by atoms with Gasteiger partial charge in [0.15, 0.2) is 0 Å². The number of carbonyl (C=O) groups excluding carboxylic acids is 1. The summed E-state index contributed by atoms with van der Waals surface area (Å²) in [6.07, 6.45) is 0. The van der Waals surface area contributed by atoms with E-state index >= 15 is 0 Å². The van der Waals surface area contributed by atoms with Crippen LogP contribution in [-0.2, 0) is 11.4 Å². The molecule has 19 heavy (non-hydrogen) atoms. The van der Waals surface area contributed by atoms with E-state index in [0.29, 0.717) is 17.2 Å². The molecular formula is C15H14ClNO2. The van der Waals surface area contributed by atoms with Crippen LogP contribution in [0, 0.1) is 6.92 Å². The molecule has 1 amide bonds. The number of rotatable bonds is 4. The Morgan fingerprint density at radius 2 is 1.95 bits per heavy atom. The minimum Gasteiger partial charge on any atom is -0.269 e. The van der Waals surface area contributed by atoms with E-state index in [1.165, 1.54) is 0 Å². The Morgan fingerprint density at radius 1 is 1.21 bits per heavy atom. The summed E-state index contributed by atoms with van der Waals surface area (Å²) in [5, 5.41) is 0.641. The zero-order valence-corrected chi connectivity index (χ0v) is 11.3. The first-order valence-electron chi connectivity index (χ1n) is 5.89. The highest BCUT2D eigenvalue weighted by atomic mass is 35.5. The van der Waals surface area contributed by atoms with Gasteiger partial charge in [0.25, 0.3) is 5.91 Å². The van der Waals surface area contributed by atoms with Crippen molar-refractivity contribution in [2.45, 2.75) is 13.5 Å². The summed E-state index contributed by atoms with van der Waals surface area (Å²) in [4.78, 5) is 17.0. The van der Waals surface area contributed by atoms with E-state index in [1.807, 2.05) is 37.3 Å². The Hall–Kier alpha value is -1.84. The Kier molecular flexibility index (Phi) is 4.55. The van der Waals surface area contributed by atoms with Gasteiger partial charge in [0, 0.05) is 10.6 Å². The number of hydrogen-bond acceptors (Lipinski definition) is 2. The predicted octanol–water partition coefficient (Wildman–Crippen LogP) is 3.51. The van der Waals surface area contributed by atoms with Gasteiger partial charge >= 0.3 is 0 Å². The molecule has 0 radical (unpaired) electrons. The molecule has 0 aliphatic rings. The van der Waals surface area contributed by atoms with Crippen molar-refractivity contribution in [3.05, 3.63) is 70.2 Å². The van der Waals surface area contributed by atoms with Crippen LogP contribution in [0.3, 0.4) is 0 Å². The Morgan fingerprint density at radius 3 is 2.63 bits per heavy atom. The zero-order valence-electron chi connectivity index (χ0n) is 10.5. The fourth-order valence-corrected chi connectivity index (χ4v) is 1.72. The van der Waals surface area contributed by atoms with Crippen LogP contribution >= 0.6 is 11.6 Å². The highest BCUT2D eigenvalue weighted by Gasteiger charge is 2.07. The lowest BCUT2D eigenvalue weighted by atomic mass is 10.1. The summed E-state index contributed by atoms with van der Waals surface area (Å²) in [5.41, 5.74) is 4.79. The highest BCUT2D eigenvalue weighted by Crippen LogP contribution is 2.16. The van der Waals surface area contributed by atoms with Crippen LogP contribution in [0.2, 0.25) is 5.02 Å². The van der Waals surface area contributed by atoms with Gasteiger partial charge < -0.3 is 0 Å². The van der Waals surface area contributed by atoms with Gasteiger partial charge in [0.1, 0.15) is 0 Å². The highest BCUT2D eigenvalue weighted by molar-refractivity contribution is 6.31. The third-order valence-corrected chi connectivity index (χ3v) is 3.09. The van der Waals surface area contributed by atoms with E-state index in [0.717, 1.165) is 11.1 Å². The molecule has 0 heterocycles. The van der Waals surface area contributed by atoms with Crippen LogP contribution in [0.4, 0.5) is 0 Å². The maximum atomic E-state index is 11.8. The lowest BCUT2D eigenvalue weighted by Gasteiger charge is -2.07. The molecule has 0 aliphatic carbocycles. The number of hydrogen-bond donors (Lipinski definition) is 1. The molecule has 98 valence electrons. The molecule has 3 nitrogen and oxygen atoms in total. The summed E-state index contributed by atoms with van der Waals surface area (Å²) in [5.74, 6) is -0.282. The third-order valence-electron chi connectivity index (χ3n) is 2.67. The SMILES string of the molecule is Cc1cc(C(=O)NOCc2ccccc2)ccc1Cl. The summed E-state index contributed by atoms with van der Waals surface area (Å²) >= 11 is 5.91. The number of amides is 1. The maximum Gasteiger partial charge on any atom is 0.274 e. The zero-order chi connectivity index (χ0) is 13.7. The van der Waals surface area contributed by atoms with Crippen molar-refractivity contribution >= 4 is 17.5 Å². The van der Waals surface area contributed by atoms with Crippen molar-refractivity contribution < 1.29 is 9.63 Å². The molecule has 2 aromatic carbocycles. The van der Waals surface area contributed by atoms with Crippen molar-refractivity contribution in [1.82, 2.24) is 5.48 Å². The van der Waals surface area contributed by atoms with Crippen molar-refractivity contribution in [1.29, 1.82) is 0 Å². The smallest absolute Gasteiger partial charge is 0.269 e. The number of benzene rings is 2. The van der Waals surface area contributed by atoms with Gasteiger partial charge in [0.2, 0.25) is 0 Å². The lowest BCUT2D eigenvalue weighted by Crippen LogP contribution is -2.23. The van der Waals surface area contributed by atoms with Gasteiger partial charge in [-0.25, -0.2) is 5.48 Å². The second kappa shape index (κ2) is 6.36. The summed E-state index contributed by atoms with van der Waals surface area (Å²) in [6, 6.07) is 14.7. The number of aryl methyl sites for hydroxylation is 1. The molecule has 0 atom stereocenters. The number of halogens is 1. The fraction of sp³-hybridized carbons (Fsp3) is 0.133. The molecule has 1 N–H and O–H groups in total. The second-order valence-electron chi connectivity index (χ2n) is 4.17. The van der Waals surface area contributed by atoms with Gasteiger partial charge in [-0.3, -0.25) is 9.63 Å². The Labute approximate surface area is 117 Å². The maximum absolute atomic E-state index is 11.8. The molecule has 0 aliphatic heterocycles. The molecule has 0 spiro atoms. The fourth-order valence-electron chi connectivity index (χ4n) is 1.60. The van der Waals surface area contributed by atoms with Crippen molar-refractivity contribution in [3.8, 4) is 0 Å². The monoisotopic (exact) mass is 275 g/mol. The van der Waals surface area contributed by atoms with Crippen molar-refractivity contribution in [2.24, 2.45) is 0 Å². The van der Waals surface area contributed by atoms with Gasteiger partial charge in [-0.15, -0.1) is 0 Å². The van der Waals surface area contributed by atoms with Crippen LogP contribution in [0.15, 0.2) is 48.5 Å². The van der Waals surface area contributed by atoms with E-state index in [2.05, 4.69) is 5.48 Å². The quantitative estimate of drug-likeness (QED) is 0.867. The molecule has 4 heteroatoms. The minimum atomic E-state index is -0.282. The van der Waals surface area contributed by atoms with E-state index in [9.17, 15) is 4.79 Å². The van der Waals surface area contributed by atoms with E-state index in [-0.39, 0.29) is 5.91 Å². The lowest BCUT2D eigenvalue weighted by molar-refractivity contribution is 0.0233. The van der Waals surface area contributed by atoms with Gasteiger partial charge in [-0.1, -0.05) is 41.9 Å². The molecule has 0 aromatic heterocycles. The first-order valence-corrected chi connectivity index (χ1v) is 6.27. The molecule has 0 bridgehead atoms. The number of hydroxylamine groups is 1. The van der Waals surface area contributed by atoms with Gasteiger partial charge in [0.05, 0.1) is 6.61 Å². The first kappa shape index (κ1) is 13.6. The molecule has 0 saturated carbocycles. The number of carbonyl (C=O) groups is 1. The molecule has 2 rings (SSSR count). The summed E-state index contributed by atoms with van der Waals surface area (Å²) in [6.45, 7) is 2.18. The Balaban J connectivity index is 1.89. The average Bonchev–Trinajstić information content (AvgIpc) is 2.43. The Bertz CT molecular complexity index is 570. The summed E-state index contributed by atoms with van der Waals surface area (Å²) < 4.78 is 0. The standard InChI is InChI=1S/C15H14ClNO2/c1-11-9-13(7-8-14(11)16)15(18)17-19-10-12-5-3-2-4-6-12/h2-9H,10H2,1H3,(H,17,18). The summed E-state index contributed by atoms with van der Waals surface area (Å²) in [7, 11) is 0. The van der Waals surface area contributed by atoms with Crippen molar-refractivity contribution in [3.63, 3.8) is 0 Å². The van der Waals surface area contributed by atoms with Crippen LogP contribution in [0.5, 0.6) is 0 Å².